The van der Waals surface area contributed by atoms with Crippen LogP contribution in [0.15, 0.2) is 5.10 Å². The average Bonchev–Trinajstić information content (AvgIpc) is 2.01. The molecule has 11 heavy (non-hydrogen) atoms. The SMILES string of the molecule is CC=NNC(=O)COCCO. The van der Waals surface area contributed by atoms with Crippen LogP contribution in [0.5, 0.6) is 0 Å². The second kappa shape index (κ2) is 7.17. The van der Waals surface area contributed by atoms with Crippen LogP contribution in [-0.4, -0.2) is 37.0 Å². The Hall–Kier alpha value is -0.940. The topological polar surface area (TPSA) is 70.9 Å². The number of amides is 1. The second-order valence-corrected chi connectivity index (χ2v) is 1.70. The number of ether oxygens (including phenoxy) is 1. The number of hydrogen-bond acceptors (Lipinski definition) is 4. The largest absolute Gasteiger partial charge is 0.394 e. The predicted molar refractivity (Wildman–Crippen MR) is 40.2 cm³/mol. The standard InChI is InChI=1S/C6H12N2O3/c1-2-7-8-6(10)5-11-4-3-9/h2,9H,3-5H2,1H3,(H,8,10). The van der Waals surface area contributed by atoms with Gasteiger partial charge in [0.05, 0.1) is 13.2 Å². The van der Waals surface area contributed by atoms with E-state index in [9.17, 15) is 4.79 Å². The summed E-state index contributed by atoms with van der Waals surface area (Å²) >= 11 is 0. The zero-order chi connectivity index (χ0) is 8.53. The molecule has 0 radical (unpaired) electrons. The van der Waals surface area contributed by atoms with Gasteiger partial charge in [0.25, 0.3) is 5.91 Å². The van der Waals surface area contributed by atoms with Crippen LogP contribution in [0.2, 0.25) is 0 Å². The fraction of sp³-hybridized carbons (Fsp3) is 0.667. The van der Waals surface area contributed by atoms with Crippen molar-refractivity contribution in [3.63, 3.8) is 0 Å². The summed E-state index contributed by atoms with van der Waals surface area (Å²) in [6.45, 7) is 1.71. The minimum atomic E-state index is -0.323. The average molecular weight is 160 g/mol. The van der Waals surface area contributed by atoms with E-state index in [2.05, 4.69) is 10.5 Å². The maximum atomic E-state index is 10.6. The third-order valence-corrected chi connectivity index (χ3v) is 0.787. The molecule has 0 heterocycles. The van der Waals surface area contributed by atoms with Crippen LogP contribution in [0, 0.1) is 0 Å². The second-order valence-electron chi connectivity index (χ2n) is 1.70. The minimum Gasteiger partial charge on any atom is -0.394 e. The van der Waals surface area contributed by atoms with Gasteiger partial charge in [-0.05, 0) is 6.92 Å². The lowest BCUT2D eigenvalue weighted by molar-refractivity contribution is -0.125. The molecule has 0 fully saturated rings. The molecule has 1 amide bonds. The van der Waals surface area contributed by atoms with E-state index in [1.807, 2.05) is 0 Å². The lowest BCUT2D eigenvalue weighted by Gasteiger charge is -1.99. The molecule has 0 aliphatic rings. The van der Waals surface area contributed by atoms with Crippen LogP contribution >= 0.6 is 0 Å². The number of hydrazone groups is 1. The van der Waals surface area contributed by atoms with Crippen molar-refractivity contribution in [2.24, 2.45) is 5.10 Å². The van der Waals surface area contributed by atoms with Gasteiger partial charge in [0, 0.05) is 6.21 Å². The molecule has 0 aromatic rings. The van der Waals surface area contributed by atoms with Gasteiger partial charge in [0.2, 0.25) is 0 Å². The molecule has 5 nitrogen and oxygen atoms in total. The number of hydrogen-bond donors (Lipinski definition) is 2. The molecule has 0 aliphatic carbocycles. The summed E-state index contributed by atoms with van der Waals surface area (Å²) in [6, 6.07) is 0. The third-order valence-electron chi connectivity index (χ3n) is 0.787. The predicted octanol–water partition coefficient (Wildman–Crippen LogP) is -0.883. The van der Waals surface area contributed by atoms with Crippen molar-refractivity contribution in [2.45, 2.75) is 6.92 Å². The lowest BCUT2D eigenvalue weighted by atomic mass is 10.6. The Morgan fingerprint density at radius 1 is 1.82 bits per heavy atom. The first-order valence-electron chi connectivity index (χ1n) is 3.26. The summed E-state index contributed by atoms with van der Waals surface area (Å²) in [7, 11) is 0. The Labute approximate surface area is 65.0 Å². The van der Waals surface area contributed by atoms with E-state index in [1.165, 1.54) is 6.21 Å². The molecule has 2 N–H and O–H groups in total. The monoisotopic (exact) mass is 160 g/mol. The van der Waals surface area contributed by atoms with E-state index < -0.39 is 0 Å². The molecule has 64 valence electrons. The summed E-state index contributed by atoms with van der Waals surface area (Å²) in [5.41, 5.74) is 2.22. The third kappa shape index (κ3) is 6.95. The van der Waals surface area contributed by atoms with E-state index in [-0.39, 0.29) is 25.7 Å². The minimum absolute atomic E-state index is 0.0715. The number of aliphatic hydroxyl groups is 1. The summed E-state index contributed by atoms with van der Waals surface area (Å²) in [4.78, 5) is 10.6. The van der Waals surface area contributed by atoms with Crippen LogP contribution in [0.4, 0.5) is 0 Å². The Morgan fingerprint density at radius 2 is 2.55 bits per heavy atom. The van der Waals surface area contributed by atoms with Gasteiger partial charge in [-0.2, -0.15) is 5.10 Å². The van der Waals surface area contributed by atoms with Crippen LogP contribution in [0.3, 0.4) is 0 Å². The molecule has 0 spiro atoms. The fourth-order valence-electron chi connectivity index (χ4n) is 0.398. The van der Waals surface area contributed by atoms with Gasteiger partial charge in [0.15, 0.2) is 0 Å². The van der Waals surface area contributed by atoms with E-state index in [1.54, 1.807) is 6.92 Å². The number of rotatable bonds is 5. The van der Waals surface area contributed by atoms with E-state index in [0.717, 1.165) is 0 Å². The molecular weight excluding hydrogens is 148 g/mol. The van der Waals surface area contributed by atoms with Gasteiger partial charge in [-0.3, -0.25) is 4.79 Å². The summed E-state index contributed by atoms with van der Waals surface area (Å²) in [6.07, 6.45) is 1.46. The van der Waals surface area contributed by atoms with Gasteiger partial charge in [-0.1, -0.05) is 0 Å². The molecule has 0 unspecified atom stereocenters. The highest BCUT2D eigenvalue weighted by Crippen LogP contribution is 1.73. The van der Waals surface area contributed by atoms with Gasteiger partial charge in [-0.15, -0.1) is 0 Å². The van der Waals surface area contributed by atoms with Gasteiger partial charge in [0.1, 0.15) is 6.61 Å². The molecule has 0 atom stereocenters. The fourth-order valence-corrected chi connectivity index (χ4v) is 0.398. The maximum Gasteiger partial charge on any atom is 0.266 e. The number of nitrogens with one attached hydrogen (secondary N) is 1. The number of carbonyl (C=O) groups excluding carboxylic acids is 1. The van der Waals surface area contributed by atoms with Crippen molar-refractivity contribution in [1.82, 2.24) is 5.43 Å². The quantitative estimate of drug-likeness (QED) is 0.311. The first-order valence-corrected chi connectivity index (χ1v) is 3.26. The van der Waals surface area contributed by atoms with Crippen molar-refractivity contribution < 1.29 is 14.6 Å². The van der Waals surface area contributed by atoms with E-state index in [0.29, 0.717) is 0 Å². The number of carbonyl (C=O) groups is 1. The van der Waals surface area contributed by atoms with Gasteiger partial charge in [-0.25, -0.2) is 5.43 Å². The molecule has 0 aliphatic heterocycles. The first-order chi connectivity index (χ1) is 5.31. The molecule has 0 rings (SSSR count). The van der Waals surface area contributed by atoms with E-state index >= 15 is 0 Å². The Kier molecular flexibility index (Phi) is 6.56. The zero-order valence-electron chi connectivity index (χ0n) is 6.41. The summed E-state index contributed by atoms with van der Waals surface area (Å²) in [5, 5.41) is 11.8. The highest BCUT2D eigenvalue weighted by molar-refractivity contribution is 5.77. The molecule has 0 saturated heterocycles. The van der Waals surface area contributed by atoms with Crippen LogP contribution in [-0.2, 0) is 9.53 Å². The van der Waals surface area contributed by atoms with Crippen LogP contribution in [0.25, 0.3) is 0 Å². The summed E-state index contributed by atoms with van der Waals surface area (Å²) < 4.78 is 4.71. The first kappa shape index (κ1) is 10.1. The highest BCUT2D eigenvalue weighted by atomic mass is 16.5. The van der Waals surface area contributed by atoms with Crippen molar-refractivity contribution in [3.05, 3.63) is 0 Å². The number of nitrogens with zero attached hydrogens (tertiary/aromatic N) is 1. The molecule has 0 bridgehead atoms. The Morgan fingerprint density at radius 3 is 3.09 bits per heavy atom. The van der Waals surface area contributed by atoms with Gasteiger partial charge >= 0.3 is 0 Å². The molecule has 5 heteroatoms. The Bertz CT molecular complexity index is 136. The van der Waals surface area contributed by atoms with E-state index in [4.69, 9.17) is 9.84 Å². The van der Waals surface area contributed by atoms with Crippen LogP contribution < -0.4 is 5.43 Å². The molecular formula is C6H12N2O3. The summed E-state index contributed by atoms with van der Waals surface area (Å²) in [5.74, 6) is -0.323. The van der Waals surface area contributed by atoms with Crippen molar-refractivity contribution in [3.8, 4) is 0 Å². The maximum absolute atomic E-state index is 10.6. The van der Waals surface area contributed by atoms with Crippen LogP contribution in [0.1, 0.15) is 6.92 Å². The molecule has 0 saturated carbocycles. The van der Waals surface area contributed by atoms with Crippen molar-refractivity contribution >= 4 is 12.1 Å². The number of aliphatic hydroxyl groups excluding tert-OH is 1. The smallest absolute Gasteiger partial charge is 0.266 e. The molecule has 0 aromatic carbocycles. The normalized spacial score (nSPS) is 10.4. The Balaban J connectivity index is 3.23. The highest BCUT2D eigenvalue weighted by Gasteiger charge is 1.96. The zero-order valence-corrected chi connectivity index (χ0v) is 6.41. The van der Waals surface area contributed by atoms with Crippen molar-refractivity contribution in [2.75, 3.05) is 19.8 Å². The van der Waals surface area contributed by atoms with Crippen molar-refractivity contribution in [1.29, 1.82) is 0 Å². The molecule has 0 aromatic heterocycles. The van der Waals surface area contributed by atoms with Gasteiger partial charge < -0.3 is 9.84 Å². The lowest BCUT2D eigenvalue weighted by Crippen LogP contribution is -2.23.